The predicted octanol–water partition coefficient (Wildman–Crippen LogP) is 2.48. The van der Waals surface area contributed by atoms with Gasteiger partial charge in [0.1, 0.15) is 23.3 Å². The van der Waals surface area contributed by atoms with Crippen molar-refractivity contribution in [3.63, 3.8) is 0 Å². The van der Waals surface area contributed by atoms with Crippen LogP contribution in [0.3, 0.4) is 0 Å². The summed E-state index contributed by atoms with van der Waals surface area (Å²) >= 11 is 0. The topological polar surface area (TPSA) is 90.0 Å². The standard InChI is InChI=1S/C18H14N4O3/c1-11-5-4-8-19-17(11)21-15(23)10-22-16-12-6-2-3-7-14(12)25-18(24)13(16)9-20-22/h2-9H,10H2,1H3,(H,19,21,23). The molecule has 3 heterocycles. The van der Waals surface area contributed by atoms with Gasteiger partial charge in [-0.25, -0.2) is 9.78 Å². The molecule has 0 saturated heterocycles. The summed E-state index contributed by atoms with van der Waals surface area (Å²) in [5.74, 6) is 0.234. The molecule has 1 amide bonds. The van der Waals surface area contributed by atoms with E-state index in [-0.39, 0.29) is 12.5 Å². The van der Waals surface area contributed by atoms with Crippen LogP contribution in [0.1, 0.15) is 5.56 Å². The molecule has 0 aliphatic carbocycles. The quantitative estimate of drug-likeness (QED) is 0.581. The molecule has 1 aromatic carbocycles. The van der Waals surface area contributed by atoms with Crippen LogP contribution in [0.15, 0.2) is 58.0 Å². The van der Waals surface area contributed by atoms with E-state index in [0.717, 1.165) is 10.9 Å². The predicted molar refractivity (Wildman–Crippen MR) is 93.4 cm³/mol. The lowest BCUT2D eigenvalue weighted by atomic mass is 10.2. The zero-order valence-electron chi connectivity index (χ0n) is 13.4. The van der Waals surface area contributed by atoms with Crippen molar-refractivity contribution in [1.82, 2.24) is 14.8 Å². The summed E-state index contributed by atoms with van der Waals surface area (Å²) in [5.41, 5.74) is 1.44. The first-order valence-electron chi connectivity index (χ1n) is 7.72. The van der Waals surface area contributed by atoms with Gasteiger partial charge in [0.25, 0.3) is 0 Å². The zero-order valence-corrected chi connectivity index (χ0v) is 13.4. The second-order valence-corrected chi connectivity index (χ2v) is 5.67. The first kappa shape index (κ1) is 15.1. The molecule has 7 heteroatoms. The molecule has 3 aromatic heterocycles. The molecule has 0 spiro atoms. The number of benzene rings is 1. The van der Waals surface area contributed by atoms with Gasteiger partial charge in [0.15, 0.2) is 0 Å². The van der Waals surface area contributed by atoms with Crippen molar-refractivity contribution in [1.29, 1.82) is 0 Å². The van der Waals surface area contributed by atoms with E-state index in [4.69, 9.17) is 4.42 Å². The van der Waals surface area contributed by atoms with Crippen molar-refractivity contribution >= 4 is 33.6 Å². The van der Waals surface area contributed by atoms with Crippen LogP contribution in [-0.2, 0) is 11.3 Å². The van der Waals surface area contributed by atoms with Crippen molar-refractivity contribution in [2.24, 2.45) is 0 Å². The molecule has 0 saturated carbocycles. The van der Waals surface area contributed by atoms with Crippen LogP contribution in [0.4, 0.5) is 5.82 Å². The zero-order chi connectivity index (χ0) is 17.4. The van der Waals surface area contributed by atoms with Gasteiger partial charge in [-0.15, -0.1) is 0 Å². The molecule has 124 valence electrons. The number of nitrogens with one attached hydrogen (secondary N) is 1. The second-order valence-electron chi connectivity index (χ2n) is 5.67. The molecule has 0 aliphatic rings. The maximum Gasteiger partial charge on any atom is 0.347 e. The summed E-state index contributed by atoms with van der Waals surface area (Å²) in [6, 6.07) is 10.8. The highest BCUT2D eigenvalue weighted by Gasteiger charge is 2.15. The van der Waals surface area contributed by atoms with Crippen LogP contribution < -0.4 is 10.9 Å². The summed E-state index contributed by atoms with van der Waals surface area (Å²) in [6.45, 7) is 1.83. The van der Waals surface area contributed by atoms with Gasteiger partial charge in [-0.1, -0.05) is 18.2 Å². The summed E-state index contributed by atoms with van der Waals surface area (Å²) < 4.78 is 6.79. The lowest BCUT2D eigenvalue weighted by molar-refractivity contribution is -0.116. The van der Waals surface area contributed by atoms with Crippen molar-refractivity contribution in [3.05, 3.63) is 64.8 Å². The van der Waals surface area contributed by atoms with Gasteiger partial charge in [-0.2, -0.15) is 5.10 Å². The highest BCUT2D eigenvalue weighted by Crippen LogP contribution is 2.22. The number of carbonyl (C=O) groups is 1. The van der Waals surface area contributed by atoms with Gasteiger partial charge in [0.05, 0.1) is 11.7 Å². The summed E-state index contributed by atoms with van der Waals surface area (Å²) in [7, 11) is 0. The first-order valence-corrected chi connectivity index (χ1v) is 7.72. The van der Waals surface area contributed by atoms with E-state index < -0.39 is 5.63 Å². The minimum absolute atomic E-state index is 0.0348. The highest BCUT2D eigenvalue weighted by atomic mass is 16.4. The Hall–Kier alpha value is -3.48. The number of fused-ring (bicyclic) bond motifs is 3. The minimum Gasteiger partial charge on any atom is -0.422 e. The van der Waals surface area contributed by atoms with Gasteiger partial charge in [0.2, 0.25) is 5.91 Å². The summed E-state index contributed by atoms with van der Waals surface area (Å²) in [5, 5.41) is 8.03. The lowest BCUT2D eigenvalue weighted by Crippen LogP contribution is -2.20. The number of rotatable bonds is 3. The normalized spacial score (nSPS) is 11.1. The first-order chi connectivity index (χ1) is 12.1. The largest absolute Gasteiger partial charge is 0.422 e. The molecule has 0 atom stereocenters. The number of hydrogen-bond donors (Lipinski definition) is 1. The molecule has 7 nitrogen and oxygen atoms in total. The average molecular weight is 334 g/mol. The molecule has 1 N–H and O–H groups in total. The third-order valence-electron chi connectivity index (χ3n) is 3.96. The maximum absolute atomic E-state index is 12.4. The molecule has 0 fully saturated rings. The van der Waals surface area contributed by atoms with Gasteiger partial charge < -0.3 is 9.73 Å². The Balaban J connectivity index is 1.74. The molecular weight excluding hydrogens is 320 g/mol. The van der Waals surface area contributed by atoms with Crippen LogP contribution in [0.5, 0.6) is 0 Å². The summed E-state index contributed by atoms with van der Waals surface area (Å²) in [6.07, 6.45) is 3.04. The number of anilines is 1. The van der Waals surface area contributed by atoms with E-state index in [2.05, 4.69) is 15.4 Å². The molecule has 4 rings (SSSR count). The average Bonchev–Trinajstić information content (AvgIpc) is 3.02. The number of aryl methyl sites for hydroxylation is 1. The van der Waals surface area contributed by atoms with Crippen molar-refractivity contribution in [3.8, 4) is 0 Å². The molecule has 4 aromatic rings. The lowest BCUT2D eigenvalue weighted by Gasteiger charge is -2.08. The van der Waals surface area contributed by atoms with Crippen LogP contribution >= 0.6 is 0 Å². The third-order valence-corrected chi connectivity index (χ3v) is 3.96. The van der Waals surface area contributed by atoms with Crippen LogP contribution in [0.25, 0.3) is 21.9 Å². The second kappa shape index (κ2) is 5.86. The van der Waals surface area contributed by atoms with Crippen LogP contribution in [-0.4, -0.2) is 20.7 Å². The van der Waals surface area contributed by atoms with E-state index >= 15 is 0 Å². The Morgan fingerprint density at radius 2 is 2.04 bits per heavy atom. The number of hydrogen-bond acceptors (Lipinski definition) is 5. The third kappa shape index (κ3) is 2.65. The van der Waals surface area contributed by atoms with Crippen molar-refractivity contribution < 1.29 is 9.21 Å². The molecule has 0 bridgehead atoms. The number of carbonyl (C=O) groups excluding carboxylic acids is 1. The molecule has 25 heavy (non-hydrogen) atoms. The monoisotopic (exact) mass is 334 g/mol. The van der Waals surface area contributed by atoms with E-state index in [1.54, 1.807) is 24.4 Å². The number of aromatic nitrogens is 3. The maximum atomic E-state index is 12.4. The minimum atomic E-state index is -0.471. The van der Waals surface area contributed by atoms with E-state index in [0.29, 0.717) is 22.3 Å². The van der Waals surface area contributed by atoms with E-state index in [1.165, 1.54) is 10.9 Å². The summed E-state index contributed by atoms with van der Waals surface area (Å²) in [4.78, 5) is 28.6. The SMILES string of the molecule is Cc1cccnc1NC(=O)Cn1ncc2c(=O)oc3ccccc3c21. The Bertz CT molecular complexity index is 1160. The number of nitrogens with zero attached hydrogens (tertiary/aromatic N) is 3. The molecular formula is C18H14N4O3. The van der Waals surface area contributed by atoms with Crippen molar-refractivity contribution in [2.45, 2.75) is 13.5 Å². The molecule has 0 aliphatic heterocycles. The van der Waals surface area contributed by atoms with E-state index in [9.17, 15) is 9.59 Å². The van der Waals surface area contributed by atoms with E-state index in [1.807, 2.05) is 25.1 Å². The van der Waals surface area contributed by atoms with Crippen LogP contribution in [0.2, 0.25) is 0 Å². The Kier molecular flexibility index (Phi) is 3.53. The van der Waals surface area contributed by atoms with Gasteiger partial charge in [-0.05, 0) is 30.7 Å². The Labute approximate surface area is 141 Å². The van der Waals surface area contributed by atoms with Gasteiger partial charge in [-0.3, -0.25) is 9.48 Å². The molecule has 0 radical (unpaired) electrons. The number of pyridine rings is 1. The van der Waals surface area contributed by atoms with Crippen LogP contribution in [0, 0.1) is 6.92 Å². The smallest absolute Gasteiger partial charge is 0.347 e. The fourth-order valence-electron chi connectivity index (χ4n) is 2.77. The van der Waals surface area contributed by atoms with Gasteiger partial charge in [0, 0.05) is 11.6 Å². The van der Waals surface area contributed by atoms with Crippen molar-refractivity contribution in [2.75, 3.05) is 5.32 Å². The molecule has 0 unspecified atom stereocenters. The fraction of sp³-hybridized carbons (Fsp3) is 0.111. The fourth-order valence-corrected chi connectivity index (χ4v) is 2.77. The Morgan fingerprint density at radius 1 is 1.20 bits per heavy atom. The Morgan fingerprint density at radius 3 is 2.88 bits per heavy atom. The van der Waals surface area contributed by atoms with Gasteiger partial charge >= 0.3 is 5.63 Å². The number of para-hydroxylation sites is 1. The highest BCUT2D eigenvalue weighted by molar-refractivity contribution is 6.02. The number of amides is 1.